The van der Waals surface area contributed by atoms with Crippen molar-refractivity contribution >= 4 is 11.8 Å². The first kappa shape index (κ1) is 13.1. The van der Waals surface area contributed by atoms with Crippen molar-refractivity contribution in [1.29, 1.82) is 0 Å². The van der Waals surface area contributed by atoms with Gasteiger partial charge in [0.05, 0.1) is 6.04 Å². The molecule has 19 heavy (non-hydrogen) atoms. The molecule has 4 heteroatoms. The highest BCUT2D eigenvalue weighted by Gasteiger charge is 2.32. The fourth-order valence-corrected chi connectivity index (χ4v) is 4.33. The van der Waals surface area contributed by atoms with Gasteiger partial charge in [-0.1, -0.05) is 13.3 Å². The Balaban J connectivity index is 1.69. The number of phenols is 1. The van der Waals surface area contributed by atoms with Crippen molar-refractivity contribution in [2.45, 2.75) is 43.5 Å². The van der Waals surface area contributed by atoms with Gasteiger partial charge in [-0.3, -0.25) is 0 Å². The summed E-state index contributed by atoms with van der Waals surface area (Å²) in [7, 11) is 0. The van der Waals surface area contributed by atoms with Gasteiger partial charge in [0.2, 0.25) is 0 Å². The van der Waals surface area contributed by atoms with E-state index in [0.717, 1.165) is 11.0 Å². The van der Waals surface area contributed by atoms with E-state index in [2.05, 4.69) is 24.0 Å². The normalized spacial score (nSPS) is 29.2. The molecule has 3 nitrogen and oxygen atoms in total. The third kappa shape index (κ3) is 2.70. The maximum Gasteiger partial charge on any atom is 0.127 e. The van der Waals surface area contributed by atoms with E-state index < -0.39 is 0 Å². The molecule has 1 aliphatic carbocycles. The predicted octanol–water partition coefficient (Wildman–Crippen LogP) is 3.09. The van der Waals surface area contributed by atoms with Gasteiger partial charge in [-0.15, -0.1) is 0 Å². The molecule has 0 aromatic heterocycles. The zero-order chi connectivity index (χ0) is 13.2. The smallest absolute Gasteiger partial charge is 0.127 e. The first-order valence-corrected chi connectivity index (χ1v) is 8.16. The lowest BCUT2D eigenvalue weighted by Gasteiger charge is -2.23. The highest BCUT2D eigenvalue weighted by atomic mass is 32.2. The summed E-state index contributed by atoms with van der Waals surface area (Å²) in [5.41, 5.74) is 1.19. The molecule has 1 saturated carbocycles. The summed E-state index contributed by atoms with van der Waals surface area (Å²) in [6.07, 6.45) is 3.92. The largest absolute Gasteiger partial charge is 0.508 e. The van der Waals surface area contributed by atoms with Gasteiger partial charge in [-0.05, 0) is 30.7 Å². The van der Waals surface area contributed by atoms with E-state index in [1.807, 2.05) is 6.07 Å². The van der Waals surface area contributed by atoms with Crippen LogP contribution in [0.15, 0.2) is 18.2 Å². The van der Waals surface area contributed by atoms with Crippen LogP contribution in [0, 0.1) is 0 Å². The van der Waals surface area contributed by atoms with Gasteiger partial charge in [0.1, 0.15) is 18.1 Å². The molecule has 2 aliphatic rings. The summed E-state index contributed by atoms with van der Waals surface area (Å²) in [6, 6.07) is 6.31. The molecule has 1 aromatic rings. The molecule has 1 aromatic carbocycles. The van der Waals surface area contributed by atoms with Crippen molar-refractivity contribution in [3.05, 3.63) is 23.8 Å². The maximum absolute atomic E-state index is 9.48. The molecule has 1 heterocycles. The molecule has 0 radical (unpaired) electrons. The molecule has 2 N–H and O–H groups in total. The predicted molar refractivity (Wildman–Crippen MR) is 79.0 cm³/mol. The standard InChI is InChI=1S/C15H21NO2S/c1-2-19-15-5-3-4-12(15)16-13-9-18-14-8-10(17)6-7-11(13)14/h6-8,12-13,15-17H,2-5,9H2,1H3. The quantitative estimate of drug-likeness (QED) is 0.888. The molecular weight excluding hydrogens is 258 g/mol. The SMILES string of the molecule is CCSC1CCCC1NC1COc2cc(O)ccc21. The number of benzene rings is 1. The van der Waals surface area contributed by atoms with Crippen LogP contribution in [0.5, 0.6) is 11.5 Å². The number of ether oxygens (including phenoxy) is 1. The Morgan fingerprint density at radius 1 is 1.42 bits per heavy atom. The van der Waals surface area contributed by atoms with Crippen LogP contribution in [-0.2, 0) is 0 Å². The topological polar surface area (TPSA) is 41.5 Å². The van der Waals surface area contributed by atoms with Crippen LogP contribution >= 0.6 is 11.8 Å². The number of rotatable bonds is 4. The summed E-state index contributed by atoms with van der Waals surface area (Å²) in [5.74, 6) is 2.30. The van der Waals surface area contributed by atoms with Gasteiger partial charge in [0.15, 0.2) is 0 Å². The molecule has 0 amide bonds. The monoisotopic (exact) mass is 279 g/mol. The highest BCUT2D eigenvalue weighted by molar-refractivity contribution is 7.99. The van der Waals surface area contributed by atoms with Crippen molar-refractivity contribution in [3.8, 4) is 11.5 Å². The molecule has 1 fully saturated rings. The third-order valence-corrected chi connectivity index (χ3v) is 5.35. The molecule has 3 unspecified atom stereocenters. The van der Waals surface area contributed by atoms with Crippen LogP contribution < -0.4 is 10.1 Å². The minimum Gasteiger partial charge on any atom is -0.508 e. The number of hydrogen-bond acceptors (Lipinski definition) is 4. The van der Waals surface area contributed by atoms with Crippen LogP contribution in [0.1, 0.15) is 37.8 Å². The van der Waals surface area contributed by atoms with Crippen LogP contribution in [-0.4, -0.2) is 28.8 Å². The summed E-state index contributed by atoms with van der Waals surface area (Å²) in [6.45, 7) is 2.91. The Kier molecular flexibility index (Phi) is 3.89. The summed E-state index contributed by atoms with van der Waals surface area (Å²) in [4.78, 5) is 0. The van der Waals surface area contributed by atoms with Crippen LogP contribution in [0.25, 0.3) is 0 Å². The summed E-state index contributed by atoms with van der Waals surface area (Å²) >= 11 is 2.07. The van der Waals surface area contributed by atoms with Crippen LogP contribution in [0.3, 0.4) is 0 Å². The third-order valence-electron chi connectivity index (χ3n) is 4.03. The fourth-order valence-electron chi connectivity index (χ4n) is 3.13. The van der Waals surface area contributed by atoms with Gasteiger partial charge in [-0.2, -0.15) is 11.8 Å². The van der Waals surface area contributed by atoms with E-state index in [1.54, 1.807) is 12.1 Å². The van der Waals surface area contributed by atoms with E-state index in [0.29, 0.717) is 12.6 Å². The zero-order valence-electron chi connectivity index (χ0n) is 11.3. The first-order chi connectivity index (χ1) is 9.28. The molecule has 0 saturated heterocycles. The van der Waals surface area contributed by atoms with Crippen molar-refractivity contribution in [2.75, 3.05) is 12.4 Å². The van der Waals surface area contributed by atoms with E-state index >= 15 is 0 Å². The molecule has 3 rings (SSSR count). The van der Waals surface area contributed by atoms with Gasteiger partial charge in [0, 0.05) is 22.9 Å². The Morgan fingerprint density at radius 3 is 3.16 bits per heavy atom. The molecule has 3 atom stereocenters. The Hall–Kier alpha value is -0.870. The summed E-state index contributed by atoms with van der Waals surface area (Å²) in [5, 5.41) is 14.0. The van der Waals surface area contributed by atoms with Gasteiger partial charge >= 0.3 is 0 Å². The maximum atomic E-state index is 9.48. The van der Waals surface area contributed by atoms with E-state index in [4.69, 9.17) is 4.74 Å². The molecular formula is C15H21NO2S. The Bertz CT molecular complexity index is 452. The molecule has 1 aliphatic heterocycles. The highest BCUT2D eigenvalue weighted by Crippen LogP contribution is 2.37. The molecule has 0 spiro atoms. The average molecular weight is 279 g/mol. The van der Waals surface area contributed by atoms with E-state index in [-0.39, 0.29) is 11.8 Å². The lowest BCUT2D eigenvalue weighted by atomic mass is 10.1. The number of phenolic OH excluding ortho intramolecular Hbond substituents is 1. The van der Waals surface area contributed by atoms with Crippen molar-refractivity contribution in [1.82, 2.24) is 5.32 Å². The van der Waals surface area contributed by atoms with Crippen LogP contribution in [0.4, 0.5) is 0 Å². The molecule has 0 bridgehead atoms. The number of fused-ring (bicyclic) bond motifs is 1. The lowest BCUT2D eigenvalue weighted by Crippen LogP contribution is -2.37. The lowest BCUT2D eigenvalue weighted by molar-refractivity contribution is 0.297. The van der Waals surface area contributed by atoms with E-state index in [1.165, 1.54) is 30.6 Å². The number of hydrogen-bond donors (Lipinski definition) is 2. The van der Waals surface area contributed by atoms with Gasteiger partial charge in [0.25, 0.3) is 0 Å². The minimum absolute atomic E-state index is 0.277. The number of nitrogens with one attached hydrogen (secondary N) is 1. The second kappa shape index (κ2) is 5.63. The number of aromatic hydroxyl groups is 1. The van der Waals surface area contributed by atoms with Crippen molar-refractivity contribution in [3.63, 3.8) is 0 Å². The second-order valence-electron chi connectivity index (χ2n) is 5.28. The van der Waals surface area contributed by atoms with Crippen molar-refractivity contribution < 1.29 is 9.84 Å². The Labute approximate surface area is 118 Å². The second-order valence-corrected chi connectivity index (χ2v) is 6.80. The van der Waals surface area contributed by atoms with Crippen molar-refractivity contribution in [2.24, 2.45) is 0 Å². The van der Waals surface area contributed by atoms with Gasteiger partial charge in [-0.25, -0.2) is 0 Å². The fraction of sp³-hybridized carbons (Fsp3) is 0.600. The van der Waals surface area contributed by atoms with Crippen LogP contribution in [0.2, 0.25) is 0 Å². The van der Waals surface area contributed by atoms with Gasteiger partial charge < -0.3 is 15.2 Å². The Morgan fingerprint density at radius 2 is 2.32 bits per heavy atom. The number of thioether (sulfide) groups is 1. The minimum atomic E-state index is 0.277. The summed E-state index contributed by atoms with van der Waals surface area (Å²) < 4.78 is 5.67. The zero-order valence-corrected chi connectivity index (χ0v) is 12.1. The average Bonchev–Trinajstić information content (AvgIpc) is 2.98. The molecule has 104 valence electrons. The van der Waals surface area contributed by atoms with E-state index in [9.17, 15) is 5.11 Å². The first-order valence-electron chi connectivity index (χ1n) is 7.11.